The van der Waals surface area contributed by atoms with E-state index in [1.807, 2.05) is 17.5 Å². The van der Waals surface area contributed by atoms with E-state index in [9.17, 15) is 8.42 Å². The van der Waals surface area contributed by atoms with E-state index in [0.717, 1.165) is 16.5 Å². The molecule has 0 unspecified atom stereocenters. The molecule has 1 aromatic carbocycles. The zero-order valence-corrected chi connectivity index (χ0v) is 13.4. The van der Waals surface area contributed by atoms with Gasteiger partial charge in [-0.2, -0.15) is 0 Å². The second kappa shape index (κ2) is 5.94. The van der Waals surface area contributed by atoms with Gasteiger partial charge in [-0.05, 0) is 36.4 Å². The van der Waals surface area contributed by atoms with Crippen LogP contribution in [0.4, 0.5) is 0 Å². The van der Waals surface area contributed by atoms with E-state index in [-0.39, 0.29) is 4.90 Å². The van der Waals surface area contributed by atoms with Crippen molar-refractivity contribution in [2.45, 2.75) is 11.5 Å². The van der Waals surface area contributed by atoms with Crippen molar-refractivity contribution in [3.8, 4) is 16.5 Å². The maximum Gasteiger partial charge on any atom is 0.175 e. The molecule has 0 saturated carbocycles. The highest BCUT2D eigenvalue weighted by molar-refractivity contribution is 7.90. The minimum Gasteiger partial charge on any atom is -0.487 e. The molecule has 0 aliphatic heterocycles. The van der Waals surface area contributed by atoms with Crippen molar-refractivity contribution in [1.82, 2.24) is 4.98 Å². The summed E-state index contributed by atoms with van der Waals surface area (Å²) < 4.78 is 33.7. The largest absolute Gasteiger partial charge is 0.487 e. The molecule has 0 amide bonds. The van der Waals surface area contributed by atoms with Crippen LogP contribution in [0, 0.1) is 0 Å². The van der Waals surface area contributed by atoms with Gasteiger partial charge in [-0.3, -0.25) is 0 Å². The predicted molar refractivity (Wildman–Crippen MR) is 83.7 cm³/mol. The van der Waals surface area contributed by atoms with Gasteiger partial charge in [0.2, 0.25) is 0 Å². The first-order valence-corrected chi connectivity index (χ1v) is 9.21. The number of rotatable bonds is 5. The number of furan rings is 1. The van der Waals surface area contributed by atoms with Gasteiger partial charge in [0.25, 0.3) is 0 Å². The standard InChI is InChI=1S/C15H13NO4S2/c1-22(17,18)13-6-4-12(5-7-13)20-9-11-10-21-15(16-11)14-3-2-8-19-14/h2-8,10H,9H2,1H3. The molecule has 22 heavy (non-hydrogen) atoms. The fourth-order valence-corrected chi connectivity index (χ4v) is 3.23. The van der Waals surface area contributed by atoms with E-state index < -0.39 is 9.84 Å². The highest BCUT2D eigenvalue weighted by Gasteiger charge is 2.09. The van der Waals surface area contributed by atoms with Crippen molar-refractivity contribution in [3.63, 3.8) is 0 Å². The number of benzene rings is 1. The van der Waals surface area contributed by atoms with Crippen molar-refractivity contribution in [2.75, 3.05) is 6.26 Å². The SMILES string of the molecule is CS(=O)(=O)c1ccc(OCc2csc(-c3ccco3)n2)cc1. The summed E-state index contributed by atoms with van der Waals surface area (Å²) in [4.78, 5) is 4.70. The number of aromatic nitrogens is 1. The van der Waals surface area contributed by atoms with Crippen LogP contribution >= 0.6 is 11.3 Å². The molecule has 0 N–H and O–H groups in total. The summed E-state index contributed by atoms with van der Waals surface area (Å²) in [6.45, 7) is 0.315. The van der Waals surface area contributed by atoms with Gasteiger partial charge in [-0.15, -0.1) is 11.3 Å². The van der Waals surface area contributed by atoms with Crippen LogP contribution in [0.3, 0.4) is 0 Å². The Balaban J connectivity index is 1.65. The van der Waals surface area contributed by atoms with Gasteiger partial charge in [0.05, 0.1) is 16.9 Å². The third-order valence-corrected chi connectivity index (χ3v) is 4.96. The molecular weight excluding hydrogens is 322 g/mol. The highest BCUT2D eigenvalue weighted by Crippen LogP contribution is 2.24. The number of sulfone groups is 1. The molecule has 0 spiro atoms. The van der Waals surface area contributed by atoms with Gasteiger partial charge in [-0.1, -0.05) is 0 Å². The lowest BCUT2D eigenvalue weighted by atomic mass is 10.3. The van der Waals surface area contributed by atoms with Crippen LogP contribution in [0.15, 0.2) is 57.4 Å². The minimum absolute atomic E-state index is 0.272. The smallest absolute Gasteiger partial charge is 0.175 e. The molecule has 0 radical (unpaired) electrons. The van der Waals surface area contributed by atoms with Gasteiger partial charge < -0.3 is 9.15 Å². The second-order valence-electron chi connectivity index (χ2n) is 4.65. The van der Waals surface area contributed by atoms with E-state index in [4.69, 9.17) is 9.15 Å². The number of hydrogen-bond acceptors (Lipinski definition) is 6. The topological polar surface area (TPSA) is 69.4 Å². The van der Waals surface area contributed by atoms with Gasteiger partial charge in [0, 0.05) is 11.6 Å². The van der Waals surface area contributed by atoms with Crippen molar-refractivity contribution < 1.29 is 17.6 Å². The minimum atomic E-state index is -3.19. The van der Waals surface area contributed by atoms with Crippen molar-refractivity contribution in [1.29, 1.82) is 0 Å². The highest BCUT2D eigenvalue weighted by atomic mass is 32.2. The Morgan fingerprint density at radius 2 is 2.00 bits per heavy atom. The first-order valence-electron chi connectivity index (χ1n) is 6.43. The summed E-state index contributed by atoms with van der Waals surface area (Å²) in [6, 6.07) is 10.00. The lowest BCUT2D eigenvalue weighted by molar-refractivity contribution is 0.302. The zero-order chi connectivity index (χ0) is 15.6. The molecule has 114 valence electrons. The average molecular weight is 335 g/mol. The molecule has 0 aliphatic carbocycles. The number of nitrogens with zero attached hydrogens (tertiary/aromatic N) is 1. The molecule has 7 heteroatoms. The van der Waals surface area contributed by atoms with Gasteiger partial charge in [0.15, 0.2) is 20.6 Å². The Bertz CT molecular complexity index is 849. The normalized spacial score (nSPS) is 11.5. The molecule has 0 fully saturated rings. The molecule has 2 aromatic heterocycles. The van der Waals surface area contributed by atoms with E-state index in [2.05, 4.69) is 4.98 Å². The summed E-state index contributed by atoms with van der Waals surface area (Å²) in [5, 5.41) is 2.71. The van der Waals surface area contributed by atoms with Gasteiger partial charge >= 0.3 is 0 Å². The van der Waals surface area contributed by atoms with Crippen molar-refractivity contribution in [2.24, 2.45) is 0 Å². The summed E-state index contributed by atoms with van der Waals surface area (Å²) in [6.07, 6.45) is 2.78. The van der Waals surface area contributed by atoms with Gasteiger partial charge in [0.1, 0.15) is 12.4 Å². The Labute approximate surface area is 132 Å². The lowest BCUT2D eigenvalue weighted by Gasteiger charge is -2.05. The molecule has 0 atom stereocenters. The Hall–Kier alpha value is -2.12. The summed E-state index contributed by atoms with van der Waals surface area (Å²) in [7, 11) is -3.19. The molecule has 3 aromatic rings. The number of ether oxygens (including phenoxy) is 1. The molecule has 5 nitrogen and oxygen atoms in total. The number of hydrogen-bond donors (Lipinski definition) is 0. The van der Waals surface area contributed by atoms with E-state index in [1.54, 1.807) is 18.4 Å². The van der Waals surface area contributed by atoms with Crippen LogP contribution < -0.4 is 4.74 Å². The Morgan fingerprint density at radius 1 is 1.23 bits per heavy atom. The summed E-state index contributed by atoms with van der Waals surface area (Å²) >= 11 is 1.48. The van der Waals surface area contributed by atoms with Crippen LogP contribution in [0.1, 0.15) is 5.69 Å². The molecule has 0 aliphatic rings. The molecular formula is C15H13NO4S2. The number of thiazole rings is 1. The molecule has 2 heterocycles. The zero-order valence-electron chi connectivity index (χ0n) is 11.7. The van der Waals surface area contributed by atoms with Crippen LogP contribution in [0.2, 0.25) is 0 Å². The lowest BCUT2D eigenvalue weighted by Crippen LogP contribution is -1.98. The van der Waals surface area contributed by atoms with Crippen molar-refractivity contribution in [3.05, 3.63) is 53.7 Å². The maximum absolute atomic E-state index is 11.4. The fourth-order valence-electron chi connectivity index (χ4n) is 1.83. The van der Waals surface area contributed by atoms with Gasteiger partial charge in [-0.25, -0.2) is 13.4 Å². The van der Waals surface area contributed by atoms with E-state index >= 15 is 0 Å². The second-order valence-corrected chi connectivity index (χ2v) is 7.53. The van der Waals surface area contributed by atoms with Crippen molar-refractivity contribution >= 4 is 21.2 Å². The quantitative estimate of drug-likeness (QED) is 0.715. The van der Waals surface area contributed by atoms with Crippen LogP contribution in [-0.2, 0) is 16.4 Å². The van der Waals surface area contributed by atoms with Crippen LogP contribution in [0.5, 0.6) is 5.75 Å². The predicted octanol–water partition coefficient (Wildman–Crippen LogP) is 3.39. The van der Waals surface area contributed by atoms with E-state index in [1.165, 1.54) is 29.7 Å². The monoisotopic (exact) mass is 335 g/mol. The maximum atomic E-state index is 11.4. The van der Waals surface area contributed by atoms with Crippen LogP contribution in [-0.4, -0.2) is 19.7 Å². The Kier molecular flexibility index (Phi) is 4.00. The first kappa shape index (κ1) is 14.8. The van der Waals surface area contributed by atoms with Crippen LogP contribution in [0.25, 0.3) is 10.8 Å². The molecule has 0 bridgehead atoms. The Morgan fingerprint density at radius 3 is 2.64 bits per heavy atom. The third-order valence-electron chi connectivity index (χ3n) is 2.92. The summed E-state index contributed by atoms with van der Waals surface area (Å²) in [5.74, 6) is 1.33. The summed E-state index contributed by atoms with van der Waals surface area (Å²) in [5.41, 5.74) is 0.795. The molecule has 3 rings (SSSR count). The fraction of sp³-hybridized carbons (Fsp3) is 0.133. The van der Waals surface area contributed by atoms with E-state index in [0.29, 0.717) is 12.4 Å². The third kappa shape index (κ3) is 3.37. The first-order chi connectivity index (χ1) is 10.5. The average Bonchev–Trinajstić information content (AvgIpc) is 3.15. The molecule has 0 saturated heterocycles.